The maximum absolute atomic E-state index is 12.8. The van der Waals surface area contributed by atoms with Gasteiger partial charge in [0.2, 0.25) is 0 Å². The van der Waals surface area contributed by atoms with E-state index in [0.29, 0.717) is 11.3 Å². The lowest BCUT2D eigenvalue weighted by atomic mass is 10.1. The highest BCUT2D eigenvalue weighted by atomic mass is 19.3. The molecule has 3 nitrogen and oxygen atoms in total. The molecule has 1 atom stereocenters. The zero-order valence-corrected chi connectivity index (χ0v) is 10.3. The Balaban J connectivity index is 2.73. The molecule has 0 bridgehead atoms. The van der Waals surface area contributed by atoms with E-state index in [1.54, 1.807) is 24.3 Å². The maximum Gasteiger partial charge on any atom is 0.383 e. The topological polar surface area (TPSA) is 38.3 Å². The highest BCUT2D eigenvalue weighted by Crippen LogP contribution is 2.25. The van der Waals surface area contributed by atoms with Gasteiger partial charge in [0.05, 0.1) is 13.2 Å². The third-order valence-corrected chi connectivity index (χ3v) is 2.54. The molecular weight excluding hydrogens is 266 g/mol. The quantitative estimate of drug-likeness (QED) is 0.842. The lowest BCUT2D eigenvalue weighted by Crippen LogP contribution is -2.45. The number of hydrogen-bond acceptors (Lipinski definition) is 2. The first-order valence-corrected chi connectivity index (χ1v) is 5.40. The van der Waals surface area contributed by atoms with Gasteiger partial charge in [0.1, 0.15) is 5.75 Å². The fourth-order valence-corrected chi connectivity index (χ4v) is 1.37. The second-order valence-electron chi connectivity index (χ2n) is 3.89. The van der Waals surface area contributed by atoms with Gasteiger partial charge in [0.25, 0.3) is 5.91 Å². The van der Waals surface area contributed by atoms with Crippen molar-refractivity contribution in [1.29, 1.82) is 0 Å². The first-order valence-electron chi connectivity index (χ1n) is 5.40. The summed E-state index contributed by atoms with van der Waals surface area (Å²) in [7, 11) is 1.46. The van der Waals surface area contributed by atoms with Crippen LogP contribution in [0.25, 0.3) is 0 Å². The molecule has 106 valence electrons. The van der Waals surface area contributed by atoms with Gasteiger partial charge in [-0.15, -0.1) is 0 Å². The summed E-state index contributed by atoms with van der Waals surface area (Å²) < 4.78 is 54.4. The second kappa shape index (κ2) is 5.90. The minimum absolute atomic E-state index is 0.499. The first kappa shape index (κ1) is 15.3. The van der Waals surface area contributed by atoms with Gasteiger partial charge < -0.3 is 10.1 Å². The lowest BCUT2D eigenvalue weighted by Gasteiger charge is -2.19. The zero-order chi connectivity index (χ0) is 14.6. The van der Waals surface area contributed by atoms with E-state index in [4.69, 9.17) is 4.74 Å². The second-order valence-corrected chi connectivity index (χ2v) is 3.89. The van der Waals surface area contributed by atoms with Crippen LogP contribution in [0.2, 0.25) is 0 Å². The largest absolute Gasteiger partial charge is 0.497 e. The van der Waals surface area contributed by atoms with Crippen LogP contribution in [0.3, 0.4) is 0 Å². The van der Waals surface area contributed by atoms with E-state index in [-0.39, 0.29) is 0 Å². The van der Waals surface area contributed by atoms with Crippen molar-refractivity contribution in [2.45, 2.75) is 25.3 Å². The van der Waals surface area contributed by atoms with Gasteiger partial charge in [-0.1, -0.05) is 12.1 Å². The first-order chi connectivity index (χ1) is 8.78. The van der Waals surface area contributed by atoms with E-state index in [2.05, 4.69) is 0 Å². The summed E-state index contributed by atoms with van der Waals surface area (Å²) in [6.45, 7) is 1.42. The van der Waals surface area contributed by atoms with Crippen molar-refractivity contribution in [1.82, 2.24) is 5.32 Å². The van der Waals surface area contributed by atoms with Crippen molar-refractivity contribution in [3.05, 3.63) is 29.8 Å². The average molecular weight is 279 g/mol. The van der Waals surface area contributed by atoms with Crippen LogP contribution in [0.1, 0.15) is 18.5 Å². The van der Waals surface area contributed by atoms with Crippen LogP contribution in [0, 0.1) is 0 Å². The summed E-state index contributed by atoms with van der Waals surface area (Å²) in [5, 5.41) is 1.85. The van der Waals surface area contributed by atoms with E-state index >= 15 is 0 Å². The van der Waals surface area contributed by atoms with Gasteiger partial charge in [-0.05, 0) is 24.6 Å². The van der Waals surface area contributed by atoms with Gasteiger partial charge in [0.15, 0.2) is 0 Å². The number of rotatable bonds is 5. The number of alkyl halides is 4. The number of benzene rings is 1. The van der Waals surface area contributed by atoms with E-state index in [1.807, 2.05) is 5.32 Å². The van der Waals surface area contributed by atoms with Crippen LogP contribution in [0.4, 0.5) is 17.6 Å². The summed E-state index contributed by atoms with van der Waals surface area (Å²) in [5.74, 6) is -6.13. The molecule has 1 amide bonds. The molecule has 0 aromatic heterocycles. The molecule has 19 heavy (non-hydrogen) atoms. The number of halogens is 4. The molecule has 1 rings (SSSR count). The van der Waals surface area contributed by atoms with Gasteiger partial charge in [-0.25, -0.2) is 8.78 Å². The molecule has 1 unspecified atom stereocenters. The number of carbonyl (C=O) groups is 1. The molecule has 0 spiro atoms. The van der Waals surface area contributed by atoms with Crippen molar-refractivity contribution in [3.63, 3.8) is 0 Å². The van der Waals surface area contributed by atoms with Gasteiger partial charge in [-0.3, -0.25) is 4.79 Å². The third kappa shape index (κ3) is 3.59. The molecule has 0 saturated heterocycles. The standard InChI is InChI=1S/C12H13F4NO2/c1-7(8-3-5-9(19-2)6-4-8)17-11(18)12(15,16)10(13)14/h3-7,10H,1-2H3,(H,17,18). The Morgan fingerprint density at radius 2 is 1.79 bits per heavy atom. The van der Waals surface area contributed by atoms with E-state index in [0.717, 1.165) is 0 Å². The Morgan fingerprint density at radius 1 is 1.26 bits per heavy atom. The highest BCUT2D eigenvalue weighted by molar-refractivity contribution is 5.84. The minimum atomic E-state index is -4.69. The molecule has 1 aromatic rings. The Labute approximate surface area is 107 Å². The molecule has 0 radical (unpaired) electrons. The Bertz CT molecular complexity index is 434. The number of nitrogens with one attached hydrogen (secondary N) is 1. The van der Waals surface area contributed by atoms with Crippen molar-refractivity contribution in [2.24, 2.45) is 0 Å². The molecule has 0 heterocycles. The molecule has 0 aliphatic carbocycles. The van der Waals surface area contributed by atoms with Crippen molar-refractivity contribution in [2.75, 3.05) is 7.11 Å². The van der Waals surface area contributed by atoms with Crippen LogP contribution >= 0.6 is 0 Å². The number of carbonyl (C=O) groups excluding carboxylic acids is 1. The zero-order valence-electron chi connectivity index (χ0n) is 10.3. The maximum atomic E-state index is 12.8. The smallest absolute Gasteiger partial charge is 0.383 e. The van der Waals surface area contributed by atoms with Crippen molar-refractivity contribution in [3.8, 4) is 5.75 Å². The van der Waals surface area contributed by atoms with E-state index < -0.39 is 24.3 Å². The van der Waals surface area contributed by atoms with Crippen LogP contribution in [0.15, 0.2) is 24.3 Å². The summed E-state index contributed by atoms with van der Waals surface area (Å²) in [4.78, 5) is 11.0. The molecule has 0 saturated carbocycles. The summed E-state index contributed by atoms with van der Waals surface area (Å²) in [6, 6.07) is 5.42. The number of amides is 1. The predicted molar refractivity (Wildman–Crippen MR) is 60.5 cm³/mol. The van der Waals surface area contributed by atoms with Crippen LogP contribution in [0.5, 0.6) is 5.75 Å². The number of ether oxygens (including phenoxy) is 1. The Morgan fingerprint density at radius 3 is 2.21 bits per heavy atom. The van der Waals surface area contributed by atoms with Gasteiger partial charge >= 0.3 is 12.3 Å². The lowest BCUT2D eigenvalue weighted by molar-refractivity contribution is -0.170. The summed E-state index contributed by atoms with van der Waals surface area (Å²) in [6.07, 6.45) is -4.03. The van der Waals surface area contributed by atoms with E-state index in [9.17, 15) is 22.4 Å². The fraction of sp³-hybridized carbons (Fsp3) is 0.417. The van der Waals surface area contributed by atoms with Crippen molar-refractivity contribution >= 4 is 5.91 Å². The van der Waals surface area contributed by atoms with Gasteiger partial charge in [-0.2, -0.15) is 8.78 Å². The minimum Gasteiger partial charge on any atom is -0.497 e. The van der Waals surface area contributed by atoms with Gasteiger partial charge in [0, 0.05) is 0 Å². The number of methoxy groups -OCH3 is 1. The molecule has 0 fully saturated rings. The molecule has 7 heteroatoms. The molecule has 1 N–H and O–H groups in total. The fourth-order valence-electron chi connectivity index (χ4n) is 1.37. The van der Waals surface area contributed by atoms with Crippen LogP contribution in [-0.4, -0.2) is 25.4 Å². The average Bonchev–Trinajstić information content (AvgIpc) is 2.38. The number of hydrogen-bond donors (Lipinski definition) is 1. The molecule has 0 aliphatic rings. The van der Waals surface area contributed by atoms with Crippen LogP contribution in [-0.2, 0) is 4.79 Å². The van der Waals surface area contributed by atoms with Crippen molar-refractivity contribution < 1.29 is 27.1 Å². The monoisotopic (exact) mass is 279 g/mol. The molecule has 0 aliphatic heterocycles. The molecular formula is C12H13F4NO2. The normalized spacial score (nSPS) is 13.2. The van der Waals surface area contributed by atoms with Crippen LogP contribution < -0.4 is 10.1 Å². The third-order valence-electron chi connectivity index (χ3n) is 2.54. The summed E-state index contributed by atoms with van der Waals surface area (Å²) in [5.41, 5.74) is 0.499. The predicted octanol–water partition coefficient (Wildman–Crippen LogP) is 2.77. The Kier molecular flexibility index (Phi) is 4.74. The van der Waals surface area contributed by atoms with E-state index in [1.165, 1.54) is 14.0 Å². The highest BCUT2D eigenvalue weighted by Gasteiger charge is 2.49. The summed E-state index contributed by atoms with van der Waals surface area (Å²) >= 11 is 0. The molecule has 1 aromatic carbocycles. The Hall–Kier alpha value is -1.79. The SMILES string of the molecule is COc1ccc(C(C)NC(=O)C(F)(F)C(F)F)cc1.